The van der Waals surface area contributed by atoms with E-state index in [1.54, 1.807) is 6.33 Å². The van der Waals surface area contributed by atoms with Crippen molar-refractivity contribution in [1.29, 1.82) is 0 Å². The second-order valence-electron chi connectivity index (χ2n) is 5.02. The predicted molar refractivity (Wildman–Crippen MR) is 75.5 cm³/mol. The van der Waals surface area contributed by atoms with Gasteiger partial charge in [-0.3, -0.25) is 4.79 Å². The summed E-state index contributed by atoms with van der Waals surface area (Å²) in [5, 5.41) is 3.28. The molecule has 1 fully saturated rings. The lowest BCUT2D eigenvalue weighted by molar-refractivity contribution is -0.119. The fraction of sp³-hybridized carbons (Fsp3) is 0.615. The van der Waals surface area contributed by atoms with Crippen molar-refractivity contribution in [1.82, 2.24) is 14.9 Å². The maximum atomic E-state index is 11.2. The summed E-state index contributed by atoms with van der Waals surface area (Å²) in [4.78, 5) is 24.0. The standard InChI is InChI=1S/C13H21N5O/c1-17(2)8-5-14-12-9-13(16-10-15-12)18-6-3-11(19)4-7-18/h9-10H,3-8H2,1-2H3,(H,14,15,16). The number of Topliss-reactive ketones (excluding diaryl/α,β-unsaturated/α-hetero) is 1. The van der Waals surface area contributed by atoms with Gasteiger partial charge < -0.3 is 15.1 Å². The van der Waals surface area contributed by atoms with Gasteiger partial charge in [0.2, 0.25) is 0 Å². The molecule has 0 saturated carbocycles. The van der Waals surface area contributed by atoms with Crippen molar-refractivity contribution >= 4 is 17.4 Å². The Morgan fingerprint density at radius 2 is 2.05 bits per heavy atom. The van der Waals surface area contributed by atoms with Crippen LogP contribution in [-0.2, 0) is 4.79 Å². The molecule has 0 amide bonds. The number of aromatic nitrogens is 2. The highest BCUT2D eigenvalue weighted by molar-refractivity contribution is 5.80. The van der Waals surface area contributed by atoms with E-state index in [1.165, 1.54) is 0 Å². The van der Waals surface area contributed by atoms with Gasteiger partial charge in [-0.2, -0.15) is 0 Å². The first-order valence-corrected chi connectivity index (χ1v) is 6.62. The number of rotatable bonds is 5. The summed E-state index contributed by atoms with van der Waals surface area (Å²) < 4.78 is 0. The fourth-order valence-electron chi connectivity index (χ4n) is 2.01. The Kier molecular flexibility index (Phi) is 4.68. The Hall–Kier alpha value is -1.69. The summed E-state index contributed by atoms with van der Waals surface area (Å²) >= 11 is 0. The third kappa shape index (κ3) is 4.17. The van der Waals surface area contributed by atoms with Crippen molar-refractivity contribution in [3.8, 4) is 0 Å². The molecule has 0 unspecified atom stereocenters. The van der Waals surface area contributed by atoms with Crippen molar-refractivity contribution < 1.29 is 4.79 Å². The second-order valence-corrected chi connectivity index (χ2v) is 5.02. The Bertz CT molecular complexity index is 425. The highest BCUT2D eigenvalue weighted by Gasteiger charge is 2.17. The lowest BCUT2D eigenvalue weighted by atomic mass is 10.1. The molecule has 2 heterocycles. The highest BCUT2D eigenvalue weighted by Crippen LogP contribution is 2.17. The van der Waals surface area contributed by atoms with E-state index < -0.39 is 0 Å². The number of likely N-dealkylation sites (N-methyl/N-ethyl adjacent to an activating group) is 1. The first-order chi connectivity index (χ1) is 9.15. The van der Waals surface area contributed by atoms with Crippen LogP contribution in [0.2, 0.25) is 0 Å². The van der Waals surface area contributed by atoms with Crippen LogP contribution in [0.15, 0.2) is 12.4 Å². The molecule has 1 aromatic rings. The minimum Gasteiger partial charge on any atom is -0.369 e. The second kappa shape index (κ2) is 6.47. The molecule has 0 atom stereocenters. The normalized spacial score (nSPS) is 15.9. The monoisotopic (exact) mass is 263 g/mol. The molecule has 104 valence electrons. The molecular weight excluding hydrogens is 242 g/mol. The van der Waals surface area contributed by atoms with Gasteiger partial charge in [-0.1, -0.05) is 0 Å². The molecule has 0 aromatic carbocycles. The Morgan fingerprint density at radius 3 is 2.74 bits per heavy atom. The Balaban J connectivity index is 1.93. The molecule has 0 bridgehead atoms. The number of anilines is 2. The van der Waals surface area contributed by atoms with Crippen LogP contribution in [0, 0.1) is 0 Å². The smallest absolute Gasteiger partial charge is 0.136 e. The van der Waals surface area contributed by atoms with Gasteiger partial charge in [0.05, 0.1) is 0 Å². The molecule has 1 aliphatic heterocycles. The summed E-state index contributed by atoms with van der Waals surface area (Å²) in [6, 6.07) is 1.95. The fourth-order valence-corrected chi connectivity index (χ4v) is 2.01. The van der Waals surface area contributed by atoms with Crippen LogP contribution in [0.25, 0.3) is 0 Å². The zero-order valence-corrected chi connectivity index (χ0v) is 11.6. The zero-order valence-electron chi connectivity index (χ0n) is 11.6. The van der Waals surface area contributed by atoms with Gasteiger partial charge in [0.1, 0.15) is 23.7 Å². The van der Waals surface area contributed by atoms with E-state index >= 15 is 0 Å². The molecule has 1 N–H and O–H groups in total. The van der Waals surface area contributed by atoms with Crippen LogP contribution in [0.3, 0.4) is 0 Å². The molecule has 1 aromatic heterocycles. The van der Waals surface area contributed by atoms with Crippen LogP contribution >= 0.6 is 0 Å². The summed E-state index contributed by atoms with van der Waals surface area (Å²) in [5.74, 6) is 2.08. The van der Waals surface area contributed by atoms with Gasteiger partial charge >= 0.3 is 0 Å². The number of piperidine rings is 1. The minimum atomic E-state index is 0.342. The maximum absolute atomic E-state index is 11.2. The van der Waals surface area contributed by atoms with Crippen molar-refractivity contribution in [3.63, 3.8) is 0 Å². The van der Waals surface area contributed by atoms with E-state index in [2.05, 4.69) is 25.1 Å². The average molecular weight is 263 g/mol. The molecule has 1 saturated heterocycles. The summed E-state index contributed by atoms with van der Waals surface area (Å²) in [7, 11) is 4.08. The van der Waals surface area contributed by atoms with E-state index in [-0.39, 0.29) is 0 Å². The Labute approximate surface area is 113 Å². The van der Waals surface area contributed by atoms with E-state index in [0.29, 0.717) is 18.6 Å². The number of carbonyl (C=O) groups excluding carboxylic acids is 1. The number of hydrogen-bond donors (Lipinski definition) is 1. The van der Waals surface area contributed by atoms with Gasteiger partial charge in [-0.25, -0.2) is 9.97 Å². The van der Waals surface area contributed by atoms with Gasteiger partial charge in [-0.05, 0) is 14.1 Å². The molecule has 1 aliphatic rings. The minimum absolute atomic E-state index is 0.342. The van der Waals surface area contributed by atoms with Crippen molar-refractivity contribution in [2.75, 3.05) is 50.5 Å². The zero-order chi connectivity index (χ0) is 13.7. The molecule has 0 spiro atoms. The van der Waals surface area contributed by atoms with Gasteiger partial charge in [-0.15, -0.1) is 0 Å². The highest BCUT2D eigenvalue weighted by atomic mass is 16.1. The average Bonchev–Trinajstić information content (AvgIpc) is 2.39. The number of carbonyl (C=O) groups is 1. The summed E-state index contributed by atoms with van der Waals surface area (Å²) in [6.45, 7) is 3.32. The van der Waals surface area contributed by atoms with E-state index in [9.17, 15) is 4.79 Å². The number of nitrogens with one attached hydrogen (secondary N) is 1. The first-order valence-electron chi connectivity index (χ1n) is 6.62. The van der Waals surface area contributed by atoms with Gasteiger partial charge in [0, 0.05) is 45.1 Å². The lowest BCUT2D eigenvalue weighted by Gasteiger charge is -2.27. The first kappa shape index (κ1) is 13.7. The topological polar surface area (TPSA) is 61.4 Å². The van der Waals surface area contributed by atoms with Gasteiger partial charge in [0.15, 0.2) is 0 Å². The molecular formula is C13H21N5O. The van der Waals surface area contributed by atoms with E-state index in [1.807, 2.05) is 20.2 Å². The van der Waals surface area contributed by atoms with E-state index in [4.69, 9.17) is 0 Å². The largest absolute Gasteiger partial charge is 0.369 e. The quantitative estimate of drug-likeness (QED) is 0.840. The third-order valence-electron chi connectivity index (χ3n) is 3.16. The predicted octanol–water partition coefficient (Wildman–Crippen LogP) is 0.619. The molecule has 19 heavy (non-hydrogen) atoms. The number of ketones is 1. The van der Waals surface area contributed by atoms with Crippen LogP contribution in [0.5, 0.6) is 0 Å². The molecule has 0 radical (unpaired) electrons. The SMILES string of the molecule is CN(C)CCNc1cc(N2CCC(=O)CC2)ncn1. The number of nitrogens with zero attached hydrogens (tertiary/aromatic N) is 4. The van der Waals surface area contributed by atoms with Crippen molar-refractivity contribution in [2.45, 2.75) is 12.8 Å². The molecule has 0 aliphatic carbocycles. The Morgan fingerprint density at radius 1 is 1.32 bits per heavy atom. The third-order valence-corrected chi connectivity index (χ3v) is 3.16. The molecule has 6 heteroatoms. The van der Waals surface area contributed by atoms with Crippen LogP contribution in [-0.4, -0.2) is 60.9 Å². The molecule has 2 rings (SSSR count). The van der Waals surface area contributed by atoms with Gasteiger partial charge in [0.25, 0.3) is 0 Å². The van der Waals surface area contributed by atoms with Crippen molar-refractivity contribution in [3.05, 3.63) is 12.4 Å². The summed E-state index contributed by atoms with van der Waals surface area (Å²) in [6.07, 6.45) is 2.81. The van der Waals surface area contributed by atoms with Crippen LogP contribution in [0.1, 0.15) is 12.8 Å². The summed E-state index contributed by atoms with van der Waals surface area (Å²) in [5.41, 5.74) is 0. The van der Waals surface area contributed by atoms with Crippen LogP contribution in [0.4, 0.5) is 11.6 Å². The molecule has 6 nitrogen and oxygen atoms in total. The maximum Gasteiger partial charge on any atom is 0.136 e. The number of hydrogen-bond acceptors (Lipinski definition) is 6. The van der Waals surface area contributed by atoms with Crippen LogP contribution < -0.4 is 10.2 Å². The van der Waals surface area contributed by atoms with Crippen molar-refractivity contribution in [2.24, 2.45) is 0 Å². The van der Waals surface area contributed by atoms with E-state index in [0.717, 1.165) is 37.8 Å². The lowest BCUT2D eigenvalue weighted by Crippen LogP contribution is -2.34.